The lowest BCUT2D eigenvalue weighted by molar-refractivity contribution is 0.102. The van der Waals surface area contributed by atoms with Crippen LogP contribution in [0.25, 0.3) is 22.5 Å². The summed E-state index contributed by atoms with van der Waals surface area (Å²) in [6.07, 6.45) is 3.35. The Bertz CT molecular complexity index is 1230. The van der Waals surface area contributed by atoms with Gasteiger partial charge in [0.05, 0.1) is 23.1 Å². The first-order valence-corrected chi connectivity index (χ1v) is 9.43. The van der Waals surface area contributed by atoms with E-state index in [1.165, 1.54) is 11.8 Å². The van der Waals surface area contributed by atoms with Crippen molar-refractivity contribution in [1.82, 2.24) is 19.7 Å². The number of fused-ring (bicyclic) bond motifs is 1. The van der Waals surface area contributed by atoms with E-state index in [0.717, 1.165) is 11.3 Å². The summed E-state index contributed by atoms with van der Waals surface area (Å²) in [6, 6.07) is 6.70. The summed E-state index contributed by atoms with van der Waals surface area (Å²) in [7, 11) is 0. The molecule has 0 unspecified atom stereocenters. The second-order valence-electron chi connectivity index (χ2n) is 6.03. The van der Waals surface area contributed by atoms with Crippen LogP contribution >= 0.6 is 11.8 Å². The predicted octanol–water partition coefficient (Wildman–Crippen LogP) is 3.44. The van der Waals surface area contributed by atoms with Crippen molar-refractivity contribution in [2.45, 2.75) is 18.6 Å². The molecule has 0 spiro atoms. The number of carbonyl (C=O) groups excluding carboxylic acids is 1. The Morgan fingerprint density at radius 3 is 2.96 bits per heavy atom. The van der Waals surface area contributed by atoms with Gasteiger partial charge in [-0.2, -0.15) is 0 Å². The summed E-state index contributed by atoms with van der Waals surface area (Å²) in [5, 5.41) is 9.08. The number of hydrogen-bond acceptors (Lipinski definition) is 7. The Morgan fingerprint density at radius 1 is 1.36 bits per heavy atom. The van der Waals surface area contributed by atoms with Crippen LogP contribution in [0.5, 0.6) is 0 Å². The molecule has 0 aliphatic heterocycles. The van der Waals surface area contributed by atoms with E-state index in [1.54, 1.807) is 30.5 Å². The van der Waals surface area contributed by atoms with Crippen molar-refractivity contribution in [3.05, 3.63) is 65.1 Å². The van der Waals surface area contributed by atoms with Gasteiger partial charge in [-0.05, 0) is 31.2 Å². The number of furan rings is 1. The van der Waals surface area contributed by atoms with Crippen LogP contribution in [0.1, 0.15) is 16.1 Å². The molecule has 0 amide bonds. The smallest absolute Gasteiger partial charge is 0.417 e. The number of ketones is 1. The van der Waals surface area contributed by atoms with Crippen LogP contribution in [0.4, 0.5) is 0 Å². The number of nitrogens with one attached hydrogen (secondary N) is 1. The van der Waals surface area contributed by atoms with Crippen molar-refractivity contribution in [3.63, 3.8) is 0 Å². The lowest BCUT2D eigenvalue weighted by atomic mass is 10.1. The van der Waals surface area contributed by atoms with Crippen molar-refractivity contribution < 1.29 is 13.6 Å². The van der Waals surface area contributed by atoms with Crippen LogP contribution in [0, 0.1) is 6.92 Å². The van der Waals surface area contributed by atoms with Gasteiger partial charge < -0.3 is 8.83 Å². The third-order valence-electron chi connectivity index (χ3n) is 4.20. The number of oxazole rings is 1. The maximum absolute atomic E-state index is 12.6. The van der Waals surface area contributed by atoms with E-state index in [2.05, 4.69) is 21.8 Å². The van der Waals surface area contributed by atoms with Gasteiger partial charge >= 0.3 is 5.76 Å². The number of H-pyrrole nitrogens is 1. The highest BCUT2D eigenvalue weighted by Crippen LogP contribution is 2.27. The molecule has 28 heavy (non-hydrogen) atoms. The minimum Gasteiger partial charge on any atom is -0.469 e. The maximum Gasteiger partial charge on any atom is 0.417 e. The lowest BCUT2D eigenvalue weighted by Gasteiger charge is -2.07. The largest absolute Gasteiger partial charge is 0.469 e. The number of thioether (sulfide) groups is 1. The molecule has 142 valence electrons. The van der Waals surface area contributed by atoms with Gasteiger partial charge in [-0.1, -0.05) is 17.8 Å². The Labute approximate surface area is 163 Å². The number of rotatable bonds is 7. The standard InChI is InChI=1S/C19H16N4O4S/c1-3-7-23-17(13-6-8-26-11(13)2)21-22-18(23)28-10-15(24)12-4-5-14-16(9-12)27-19(25)20-14/h3-6,8-9H,1,7,10H2,2H3,(H,20,25). The van der Waals surface area contributed by atoms with Crippen molar-refractivity contribution >= 4 is 28.6 Å². The van der Waals surface area contributed by atoms with E-state index in [4.69, 9.17) is 8.83 Å². The van der Waals surface area contributed by atoms with Crippen molar-refractivity contribution in [2.75, 3.05) is 5.75 Å². The fourth-order valence-corrected chi connectivity index (χ4v) is 3.68. The second-order valence-corrected chi connectivity index (χ2v) is 6.98. The summed E-state index contributed by atoms with van der Waals surface area (Å²) < 4.78 is 12.3. The molecule has 0 bridgehead atoms. The topological polar surface area (TPSA) is 107 Å². The molecule has 1 N–H and O–H groups in total. The average Bonchev–Trinajstić information content (AvgIpc) is 3.37. The van der Waals surface area contributed by atoms with Crippen molar-refractivity contribution in [1.29, 1.82) is 0 Å². The van der Waals surface area contributed by atoms with E-state index < -0.39 is 5.76 Å². The van der Waals surface area contributed by atoms with Crippen LogP contribution in [-0.2, 0) is 6.54 Å². The molecule has 0 saturated heterocycles. The molecule has 0 fully saturated rings. The highest BCUT2D eigenvalue weighted by Gasteiger charge is 2.18. The van der Waals surface area contributed by atoms with Gasteiger partial charge in [0.15, 0.2) is 22.3 Å². The zero-order chi connectivity index (χ0) is 19.7. The minimum absolute atomic E-state index is 0.107. The van der Waals surface area contributed by atoms with Gasteiger partial charge in [-0.3, -0.25) is 14.3 Å². The number of aryl methyl sites for hydroxylation is 1. The van der Waals surface area contributed by atoms with E-state index >= 15 is 0 Å². The first-order valence-electron chi connectivity index (χ1n) is 8.44. The number of aromatic nitrogens is 4. The molecular weight excluding hydrogens is 380 g/mol. The van der Waals surface area contributed by atoms with Gasteiger partial charge in [-0.25, -0.2) is 4.79 Å². The molecule has 3 heterocycles. The Balaban J connectivity index is 1.56. The molecule has 0 aliphatic rings. The minimum atomic E-state index is -0.548. The normalized spacial score (nSPS) is 11.2. The first kappa shape index (κ1) is 18.1. The zero-order valence-corrected chi connectivity index (χ0v) is 15.8. The Hall–Kier alpha value is -3.33. The summed E-state index contributed by atoms with van der Waals surface area (Å²) in [5.41, 5.74) is 2.22. The predicted molar refractivity (Wildman–Crippen MR) is 105 cm³/mol. The Kier molecular flexibility index (Phi) is 4.74. The fourth-order valence-electron chi connectivity index (χ4n) is 2.84. The van der Waals surface area contributed by atoms with Crippen LogP contribution in [-0.4, -0.2) is 31.3 Å². The monoisotopic (exact) mass is 396 g/mol. The van der Waals surface area contributed by atoms with Crippen LogP contribution in [0.3, 0.4) is 0 Å². The van der Waals surface area contributed by atoms with E-state index in [0.29, 0.717) is 34.2 Å². The lowest BCUT2D eigenvalue weighted by Crippen LogP contribution is -2.05. The maximum atomic E-state index is 12.6. The summed E-state index contributed by atoms with van der Waals surface area (Å²) in [6.45, 7) is 6.14. The van der Waals surface area contributed by atoms with Gasteiger partial charge in [0.2, 0.25) is 0 Å². The third kappa shape index (κ3) is 3.31. The number of nitrogens with zero attached hydrogens (tertiary/aromatic N) is 3. The third-order valence-corrected chi connectivity index (χ3v) is 5.17. The van der Waals surface area contributed by atoms with E-state index in [9.17, 15) is 9.59 Å². The molecule has 9 heteroatoms. The molecule has 4 aromatic rings. The van der Waals surface area contributed by atoms with Crippen molar-refractivity contribution in [2.24, 2.45) is 0 Å². The number of allylic oxidation sites excluding steroid dienone is 1. The molecule has 8 nitrogen and oxygen atoms in total. The first-order chi connectivity index (χ1) is 13.6. The number of Topliss-reactive ketones (excluding diaryl/α,β-unsaturated/α-hetero) is 1. The van der Waals surface area contributed by atoms with E-state index in [1.807, 2.05) is 17.6 Å². The summed E-state index contributed by atoms with van der Waals surface area (Å²) in [4.78, 5) is 26.4. The van der Waals surface area contributed by atoms with Crippen molar-refractivity contribution in [3.8, 4) is 11.4 Å². The number of carbonyl (C=O) groups is 1. The average molecular weight is 396 g/mol. The second kappa shape index (κ2) is 7.35. The fraction of sp³-hybridized carbons (Fsp3) is 0.158. The number of aromatic amines is 1. The van der Waals surface area contributed by atoms with Gasteiger partial charge in [0.1, 0.15) is 5.76 Å². The van der Waals surface area contributed by atoms with E-state index in [-0.39, 0.29) is 11.5 Å². The molecule has 0 atom stereocenters. The molecule has 1 aromatic carbocycles. The number of hydrogen-bond donors (Lipinski definition) is 1. The molecule has 3 aromatic heterocycles. The van der Waals surface area contributed by atoms with Gasteiger partial charge in [-0.15, -0.1) is 16.8 Å². The van der Waals surface area contributed by atoms with Crippen LogP contribution in [0.15, 0.2) is 62.0 Å². The zero-order valence-electron chi connectivity index (χ0n) is 15.0. The molecule has 0 radical (unpaired) electrons. The van der Waals surface area contributed by atoms with Gasteiger partial charge in [0, 0.05) is 12.1 Å². The summed E-state index contributed by atoms with van der Waals surface area (Å²) >= 11 is 1.29. The van der Waals surface area contributed by atoms with Gasteiger partial charge in [0.25, 0.3) is 0 Å². The molecular formula is C19H16N4O4S. The quantitative estimate of drug-likeness (QED) is 0.290. The highest BCUT2D eigenvalue weighted by molar-refractivity contribution is 7.99. The van der Waals surface area contributed by atoms with Crippen LogP contribution in [0.2, 0.25) is 0 Å². The highest BCUT2D eigenvalue weighted by atomic mass is 32.2. The molecule has 4 rings (SSSR count). The molecule has 0 saturated carbocycles. The molecule has 0 aliphatic carbocycles. The Morgan fingerprint density at radius 2 is 2.21 bits per heavy atom. The number of benzene rings is 1. The summed E-state index contributed by atoms with van der Waals surface area (Å²) in [5.74, 6) is 0.918. The van der Waals surface area contributed by atoms with Crippen LogP contribution < -0.4 is 5.76 Å². The SMILES string of the molecule is C=CCn1c(SCC(=O)c2ccc3[nH]c(=O)oc3c2)nnc1-c1ccoc1C.